The summed E-state index contributed by atoms with van der Waals surface area (Å²) in [7, 11) is 1.54. The first-order chi connectivity index (χ1) is 7.06. The van der Waals surface area contributed by atoms with Gasteiger partial charge in [-0.3, -0.25) is 4.79 Å². The Labute approximate surface area is 92.1 Å². The van der Waals surface area contributed by atoms with Crippen LogP contribution in [-0.2, 0) is 0 Å². The van der Waals surface area contributed by atoms with E-state index in [0.29, 0.717) is 12.4 Å². The number of carbonyl (C=O) groups excluding carboxylic acids is 1. The van der Waals surface area contributed by atoms with Gasteiger partial charge >= 0.3 is 0 Å². The van der Waals surface area contributed by atoms with Gasteiger partial charge in [0.2, 0.25) is 0 Å². The molecule has 1 rings (SSSR count). The van der Waals surface area contributed by atoms with Crippen LogP contribution in [0.15, 0.2) is 18.2 Å². The number of hydrogen-bond acceptors (Lipinski definition) is 2. The molecule has 0 saturated carbocycles. The molecule has 1 aromatic carbocycles. The van der Waals surface area contributed by atoms with Gasteiger partial charge < -0.3 is 10.0 Å². The van der Waals surface area contributed by atoms with E-state index in [1.54, 1.807) is 0 Å². The molecule has 5 heteroatoms. The molecular weight excluding hydrogens is 221 g/mol. The number of aromatic hydroxyl groups is 1. The summed E-state index contributed by atoms with van der Waals surface area (Å²) in [6, 6.07) is 3.42. The molecule has 1 N–H and O–H groups in total. The topological polar surface area (TPSA) is 40.5 Å². The van der Waals surface area contributed by atoms with E-state index >= 15 is 0 Å². The van der Waals surface area contributed by atoms with Gasteiger partial charge in [0.05, 0.1) is 5.56 Å². The summed E-state index contributed by atoms with van der Waals surface area (Å²) >= 11 is 5.47. The van der Waals surface area contributed by atoms with Crippen LogP contribution in [0.1, 0.15) is 10.4 Å². The van der Waals surface area contributed by atoms with E-state index in [0.717, 1.165) is 6.07 Å². The largest absolute Gasteiger partial charge is 0.508 e. The highest BCUT2D eigenvalue weighted by molar-refractivity contribution is 6.18. The van der Waals surface area contributed by atoms with Crippen molar-refractivity contribution < 1.29 is 14.3 Å². The average molecular weight is 232 g/mol. The minimum Gasteiger partial charge on any atom is -0.508 e. The van der Waals surface area contributed by atoms with Gasteiger partial charge in [0.15, 0.2) is 0 Å². The van der Waals surface area contributed by atoms with Crippen molar-refractivity contribution in [1.29, 1.82) is 0 Å². The molecule has 0 heterocycles. The second-order valence-corrected chi connectivity index (χ2v) is 3.46. The van der Waals surface area contributed by atoms with Crippen molar-refractivity contribution >= 4 is 17.5 Å². The Bertz CT molecular complexity index is 370. The normalized spacial score (nSPS) is 10.1. The molecule has 0 atom stereocenters. The zero-order valence-corrected chi connectivity index (χ0v) is 8.96. The number of halogens is 2. The molecule has 0 aromatic heterocycles. The second-order valence-electron chi connectivity index (χ2n) is 3.08. The van der Waals surface area contributed by atoms with Crippen molar-refractivity contribution in [1.82, 2.24) is 4.90 Å². The summed E-state index contributed by atoms with van der Waals surface area (Å²) in [5, 5.41) is 8.98. The SMILES string of the molecule is CN(CCCl)C(=O)c1ccc(O)cc1F. The van der Waals surface area contributed by atoms with Gasteiger partial charge in [0, 0.05) is 25.5 Å². The first-order valence-electron chi connectivity index (χ1n) is 4.36. The highest BCUT2D eigenvalue weighted by Crippen LogP contribution is 2.16. The third-order valence-corrected chi connectivity index (χ3v) is 2.12. The van der Waals surface area contributed by atoms with Gasteiger partial charge in [-0.1, -0.05) is 0 Å². The van der Waals surface area contributed by atoms with Crippen LogP contribution in [0.25, 0.3) is 0 Å². The van der Waals surface area contributed by atoms with E-state index in [1.165, 1.54) is 24.1 Å². The maximum absolute atomic E-state index is 13.3. The molecule has 0 fully saturated rings. The molecule has 0 aliphatic heterocycles. The van der Waals surface area contributed by atoms with E-state index in [1.807, 2.05) is 0 Å². The lowest BCUT2D eigenvalue weighted by Gasteiger charge is -2.15. The van der Waals surface area contributed by atoms with Gasteiger partial charge in [-0.25, -0.2) is 4.39 Å². The first-order valence-corrected chi connectivity index (χ1v) is 4.89. The van der Waals surface area contributed by atoms with Crippen LogP contribution in [0, 0.1) is 5.82 Å². The van der Waals surface area contributed by atoms with E-state index in [-0.39, 0.29) is 11.3 Å². The van der Waals surface area contributed by atoms with Gasteiger partial charge in [-0.15, -0.1) is 11.6 Å². The van der Waals surface area contributed by atoms with Crippen molar-refractivity contribution in [3.8, 4) is 5.75 Å². The number of rotatable bonds is 3. The lowest BCUT2D eigenvalue weighted by Crippen LogP contribution is -2.29. The fraction of sp³-hybridized carbons (Fsp3) is 0.300. The minimum absolute atomic E-state index is 0.0691. The maximum Gasteiger partial charge on any atom is 0.256 e. The molecule has 0 saturated heterocycles. The third-order valence-electron chi connectivity index (χ3n) is 1.95. The molecule has 0 aliphatic carbocycles. The molecule has 3 nitrogen and oxygen atoms in total. The number of phenols is 1. The summed E-state index contributed by atoms with van der Waals surface area (Å²) in [5.41, 5.74) is -0.0691. The van der Waals surface area contributed by atoms with Crippen LogP contribution in [-0.4, -0.2) is 35.4 Å². The quantitative estimate of drug-likeness (QED) is 0.807. The van der Waals surface area contributed by atoms with Crippen LogP contribution in [0.5, 0.6) is 5.75 Å². The zero-order chi connectivity index (χ0) is 11.4. The second kappa shape index (κ2) is 4.98. The van der Waals surface area contributed by atoms with Crippen LogP contribution < -0.4 is 0 Å². The Morgan fingerprint density at radius 2 is 2.27 bits per heavy atom. The van der Waals surface area contributed by atoms with Gasteiger partial charge in [0.1, 0.15) is 11.6 Å². The monoisotopic (exact) mass is 231 g/mol. The molecule has 82 valence electrons. The number of carbonyl (C=O) groups is 1. The summed E-state index contributed by atoms with van der Waals surface area (Å²) in [6.45, 7) is 0.348. The standard InChI is InChI=1S/C10H11ClFNO2/c1-13(5-4-11)10(15)8-3-2-7(14)6-9(8)12/h2-3,6,14H,4-5H2,1H3. The number of phenolic OH excluding ortho intramolecular Hbond substituents is 1. The summed E-state index contributed by atoms with van der Waals surface area (Å²) < 4.78 is 13.3. The third kappa shape index (κ3) is 2.83. The Hall–Kier alpha value is -1.29. The van der Waals surface area contributed by atoms with Gasteiger partial charge in [-0.2, -0.15) is 0 Å². The molecule has 15 heavy (non-hydrogen) atoms. The van der Waals surface area contributed by atoms with Crippen LogP contribution >= 0.6 is 11.6 Å². The molecule has 0 aliphatic rings. The first kappa shape index (κ1) is 11.8. The van der Waals surface area contributed by atoms with Crippen molar-refractivity contribution in [3.05, 3.63) is 29.6 Å². The Morgan fingerprint density at radius 1 is 1.60 bits per heavy atom. The number of amides is 1. The molecule has 0 unspecified atom stereocenters. The van der Waals surface area contributed by atoms with Crippen LogP contribution in [0.4, 0.5) is 4.39 Å². The smallest absolute Gasteiger partial charge is 0.256 e. The van der Waals surface area contributed by atoms with E-state index in [9.17, 15) is 9.18 Å². The van der Waals surface area contributed by atoms with Crippen molar-refractivity contribution in [3.63, 3.8) is 0 Å². The average Bonchev–Trinajstić information content (AvgIpc) is 2.17. The number of benzene rings is 1. The predicted molar refractivity (Wildman–Crippen MR) is 55.7 cm³/mol. The van der Waals surface area contributed by atoms with E-state index < -0.39 is 11.7 Å². The summed E-state index contributed by atoms with van der Waals surface area (Å²) in [6.07, 6.45) is 0. The highest BCUT2D eigenvalue weighted by atomic mass is 35.5. The number of nitrogens with zero attached hydrogens (tertiary/aromatic N) is 1. The number of alkyl halides is 1. The number of hydrogen-bond donors (Lipinski definition) is 1. The van der Waals surface area contributed by atoms with Crippen molar-refractivity contribution in [2.75, 3.05) is 19.5 Å². The Kier molecular flexibility index (Phi) is 3.91. The molecule has 1 aromatic rings. The minimum atomic E-state index is -0.735. The summed E-state index contributed by atoms with van der Waals surface area (Å²) in [4.78, 5) is 12.9. The highest BCUT2D eigenvalue weighted by Gasteiger charge is 2.15. The van der Waals surface area contributed by atoms with Crippen LogP contribution in [0.2, 0.25) is 0 Å². The molecular formula is C10H11ClFNO2. The lowest BCUT2D eigenvalue weighted by atomic mass is 10.2. The van der Waals surface area contributed by atoms with Crippen LogP contribution in [0.3, 0.4) is 0 Å². The zero-order valence-electron chi connectivity index (χ0n) is 8.20. The summed E-state index contributed by atoms with van der Waals surface area (Å²) in [5.74, 6) is -1.10. The Balaban J connectivity index is 2.91. The van der Waals surface area contributed by atoms with Crippen molar-refractivity contribution in [2.45, 2.75) is 0 Å². The predicted octanol–water partition coefficient (Wildman–Crippen LogP) is 1.84. The van der Waals surface area contributed by atoms with Crippen molar-refractivity contribution in [2.24, 2.45) is 0 Å². The van der Waals surface area contributed by atoms with Gasteiger partial charge in [-0.05, 0) is 12.1 Å². The molecule has 1 amide bonds. The Morgan fingerprint density at radius 3 is 2.80 bits per heavy atom. The van der Waals surface area contributed by atoms with Gasteiger partial charge in [0.25, 0.3) is 5.91 Å². The maximum atomic E-state index is 13.3. The molecule has 0 spiro atoms. The molecule has 0 radical (unpaired) electrons. The molecule has 0 bridgehead atoms. The lowest BCUT2D eigenvalue weighted by molar-refractivity contribution is 0.0798. The fourth-order valence-corrected chi connectivity index (χ4v) is 1.36. The fourth-order valence-electron chi connectivity index (χ4n) is 1.11. The van der Waals surface area contributed by atoms with E-state index in [4.69, 9.17) is 16.7 Å². The van der Waals surface area contributed by atoms with E-state index in [2.05, 4.69) is 0 Å².